The molecule has 1 aromatic rings. The van der Waals surface area contributed by atoms with Crippen molar-refractivity contribution in [3.05, 3.63) is 35.4 Å². The summed E-state index contributed by atoms with van der Waals surface area (Å²) in [6.07, 6.45) is 9.97. The van der Waals surface area contributed by atoms with Crippen LogP contribution in [0.1, 0.15) is 56.1 Å². The molecule has 2 aliphatic heterocycles. The summed E-state index contributed by atoms with van der Waals surface area (Å²) in [6.45, 7) is 0. The summed E-state index contributed by atoms with van der Waals surface area (Å²) in [5, 5.41) is 4.63. The van der Waals surface area contributed by atoms with E-state index in [1.165, 1.54) is 48.9 Å². The fourth-order valence-corrected chi connectivity index (χ4v) is 4.44. The van der Waals surface area contributed by atoms with Crippen molar-refractivity contribution in [2.45, 2.75) is 69.6 Å². The van der Waals surface area contributed by atoms with Crippen LogP contribution in [0.15, 0.2) is 29.4 Å². The Kier molecular flexibility index (Phi) is 3.91. The number of benzene rings is 1. The molecule has 0 saturated carbocycles. The number of rotatable bonds is 2. The van der Waals surface area contributed by atoms with Gasteiger partial charge in [0, 0.05) is 30.5 Å². The van der Waals surface area contributed by atoms with Crippen molar-refractivity contribution in [2.75, 3.05) is 7.05 Å². The van der Waals surface area contributed by atoms with E-state index in [9.17, 15) is 0 Å². The van der Waals surface area contributed by atoms with Gasteiger partial charge in [-0.05, 0) is 51.1 Å². The average molecular weight is 298 g/mol. The Morgan fingerprint density at radius 1 is 1.05 bits per heavy atom. The number of hydrogen-bond acceptors (Lipinski definition) is 3. The summed E-state index contributed by atoms with van der Waals surface area (Å²) >= 11 is 0. The number of hydrogen-bond donors (Lipinski definition) is 0. The van der Waals surface area contributed by atoms with Crippen LogP contribution in [0, 0.1) is 0 Å². The minimum atomic E-state index is 0.316. The SMILES string of the molecule is CN1C2CCC1CC(O/N=C1\CCCCc3ccccc31)C2. The molecule has 0 amide bonds. The smallest absolute Gasteiger partial charge is 0.130 e. The van der Waals surface area contributed by atoms with Gasteiger partial charge in [-0.1, -0.05) is 29.4 Å². The van der Waals surface area contributed by atoms with Gasteiger partial charge in [-0.15, -0.1) is 0 Å². The van der Waals surface area contributed by atoms with Crippen molar-refractivity contribution in [3.63, 3.8) is 0 Å². The predicted molar refractivity (Wildman–Crippen MR) is 89.2 cm³/mol. The molecule has 1 aliphatic carbocycles. The highest BCUT2D eigenvalue weighted by Gasteiger charge is 2.39. The lowest BCUT2D eigenvalue weighted by Crippen LogP contribution is -2.42. The Morgan fingerprint density at radius 2 is 1.77 bits per heavy atom. The molecule has 3 aliphatic rings. The van der Waals surface area contributed by atoms with Gasteiger partial charge >= 0.3 is 0 Å². The van der Waals surface area contributed by atoms with Crippen LogP contribution < -0.4 is 0 Å². The summed E-state index contributed by atoms with van der Waals surface area (Å²) in [7, 11) is 2.27. The van der Waals surface area contributed by atoms with Gasteiger partial charge in [0.05, 0.1) is 5.71 Å². The highest BCUT2D eigenvalue weighted by atomic mass is 16.6. The molecule has 0 aromatic heterocycles. The van der Waals surface area contributed by atoms with Gasteiger partial charge in [0.15, 0.2) is 0 Å². The maximum Gasteiger partial charge on any atom is 0.130 e. The Bertz CT molecular complexity index is 554. The van der Waals surface area contributed by atoms with E-state index in [0.29, 0.717) is 18.2 Å². The Hall–Kier alpha value is -1.35. The molecule has 0 spiro atoms. The molecular weight excluding hydrogens is 272 g/mol. The zero-order chi connectivity index (χ0) is 14.9. The van der Waals surface area contributed by atoms with E-state index < -0.39 is 0 Å². The van der Waals surface area contributed by atoms with E-state index in [2.05, 4.69) is 41.4 Å². The van der Waals surface area contributed by atoms with Crippen LogP contribution in [0.3, 0.4) is 0 Å². The van der Waals surface area contributed by atoms with Crippen molar-refractivity contribution in [3.8, 4) is 0 Å². The summed E-state index contributed by atoms with van der Waals surface area (Å²) in [5.41, 5.74) is 3.92. The van der Waals surface area contributed by atoms with Crippen molar-refractivity contribution in [1.29, 1.82) is 0 Å². The fourth-order valence-electron chi connectivity index (χ4n) is 4.44. The van der Waals surface area contributed by atoms with Gasteiger partial charge in [0.25, 0.3) is 0 Å². The van der Waals surface area contributed by atoms with Crippen molar-refractivity contribution in [2.24, 2.45) is 5.16 Å². The zero-order valence-electron chi connectivity index (χ0n) is 13.5. The Labute approximate surface area is 133 Å². The largest absolute Gasteiger partial charge is 0.392 e. The maximum absolute atomic E-state index is 6.03. The van der Waals surface area contributed by atoms with Crippen LogP contribution in [-0.4, -0.2) is 35.8 Å². The minimum Gasteiger partial charge on any atom is -0.392 e. The maximum atomic E-state index is 6.03. The lowest BCUT2D eigenvalue weighted by atomic mass is 10.0. The number of aryl methyl sites for hydroxylation is 1. The molecule has 3 nitrogen and oxygen atoms in total. The normalized spacial score (nSPS) is 33.5. The van der Waals surface area contributed by atoms with Crippen LogP contribution >= 0.6 is 0 Å². The van der Waals surface area contributed by atoms with E-state index in [1.54, 1.807) is 0 Å². The van der Waals surface area contributed by atoms with Crippen molar-refractivity contribution in [1.82, 2.24) is 4.90 Å². The second-order valence-electron chi connectivity index (χ2n) is 7.15. The second kappa shape index (κ2) is 6.04. The van der Waals surface area contributed by atoms with E-state index in [-0.39, 0.29) is 0 Å². The quantitative estimate of drug-likeness (QED) is 0.613. The first-order valence-corrected chi connectivity index (χ1v) is 8.84. The highest BCUT2D eigenvalue weighted by molar-refractivity contribution is 6.01. The lowest BCUT2D eigenvalue weighted by Gasteiger charge is -2.34. The molecule has 2 bridgehead atoms. The number of oxime groups is 1. The topological polar surface area (TPSA) is 24.8 Å². The third-order valence-electron chi connectivity index (χ3n) is 5.80. The minimum absolute atomic E-state index is 0.316. The number of piperidine rings is 1. The molecule has 3 heteroatoms. The van der Waals surface area contributed by atoms with E-state index in [1.807, 2.05) is 0 Å². The molecule has 4 rings (SSSR count). The summed E-state index contributed by atoms with van der Waals surface area (Å²) in [4.78, 5) is 8.57. The Morgan fingerprint density at radius 3 is 2.59 bits per heavy atom. The van der Waals surface area contributed by atoms with E-state index in [0.717, 1.165) is 19.3 Å². The first-order chi connectivity index (χ1) is 10.8. The zero-order valence-corrected chi connectivity index (χ0v) is 13.5. The molecule has 22 heavy (non-hydrogen) atoms. The van der Waals surface area contributed by atoms with Crippen molar-refractivity contribution >= 4 is 5.71 Å². The molecule has 2 fully saturated rings. The van der Waals surface area contributed by atoms with Gasteiger partial charge in [0.1, 0.15) is 6.10 Å². The lowest BCUT2D eigenvalue weighted by molar-refractivity contribution is -0.00982. The standard InChI is InChI=1S/C19H26N2O/c1-21-15-10-11-16(21)13-17(12-15)22-20-19-9-5-3-7-14-6-2-4-8-18(14)19/h2,4,6,8,15-17H,3,5,7,9-13H2,1H3/b20-19+. The monoisotopic (exact) mass is 298 g/mol. The molecule has 2 saturated heterocycles. The van der Waals surface area contributed by atoms with Crippen LogP contribution in [-0.2, 0) is 11.3 Å². The number of nitrogens with zero attached hydrogens (tertiary/aromatic N) is 2. The molecule has 2 atom stereocenters. The van der Waals surface area contributed by atoms with Crippen LogP contribution in [0.5, 0.6) is 0 Å². The fraction of sp³-hybridized carbons (Fsp3) is 0.632. The van der Waals surface area contributed by atoms with Crippen LogP contribution in [0.4, 0.5) is 0 Å². The molecule has 118 valence electrons. The van der Waals surface area contributed by atoms with Gasteiger partial charge < -0.3 is 9.74 Å². The summed E-state index contributed by atoms with van der Waals surface area (Å²) in [6, 6.07) is 10.1. The summed E-state index contributed by atoms with van der Waals surface area (Å²) < 4.78 is 0. The average Bonchev–Trinajstić information content (AvgIpc) is 2.76. The molecule has 2 unspecified atom stereocenters. The first kappa shape index (κ1) is 14.3. The van der Waals surface area contributed by atoms with Gasteiger partial charge in [-0.2, -0.15) is 0 Å². The number of fused-ring (bicyclic) bond motifs is 3. The third kappa shape index (κ3) is 2.67. The molecule has 2 heterocycles. The van der Waals surface area contributed by atoms with Gasteiger partial charge in [0.2, 0.25) is 0 Å². The highest BCUT2D eigenvalue weighted by Crippen LogP contribution is 2.35. The molecule has 0 N–H and O–H groups in total. The Balaban J connectivity index is 1.49. The van der Waals surface area contributed by atoms with Crippen LogP contribution in [0.2, 0.25) is 0 Å². The van der Waals surface area contributed by atoms with Crippen LogP contribution in [0.25, 0.3) is 0 Å². The third-order valence-corrected chi connectivity index (χ3v) is 5.80. The van der Waals surface area contributed by atoms with E-state index in [4.69, 9.17) is 4.84 Å². The summed E-state index contributed by atoms with van der Waals surface area (Å²) in [5.74, 6) is 0. The molecular formula is C19H26N2O. The second-order valence-corrected chi connectivity index (χ2v) is 7.15. The predicted octanol–water partition coefficient (Wildman–Crippen LogP) is 3.76. The molecule has 1 aromatic carbocycles. The van der Waals surface area contributed by atoms with E-state index >= 15 is 0 Å². The van der Waals surface area contributed by atoms with Crippen molar-refractivity contribution < 1.29 is 4.84 Å². The van der Waals surface area contributed by atoms with Gasteiger partial charge in [-0.3, -0.25) is 0 Å². The first-order valence-electron chi connectivity index (χ1n) is 8.84. The van der Waals surface area contributed by atoms with Gasteiger partial charge in [-0.25, -0.2) is 0 Å². The molecule has 0 radical (unpaired) electrons.